The first-order chi connectivity index (χ1) is 8.56. The highest BCUT2D eigenvalue weighted by molar-refractivity contribution is 5.68. The van der Waals surface area contributed by atoms with Crippen LogP contribution in [0, 0.1) is 0 Å². The molecule has 0 aromatic carbocycles. The molecule has 0 bridgehead atoms. The number of carbonyl (C=O) groups is 1. The fraction of sp³-hybridized carbons (Fsp3) is 0.917. The van der Waals surface area contributed by atoms with Crippen molar-refractivity contribution in [3.05, 3.63) is 0 Å². The average molecular weight is 259 g/mol. The number of nitrogens with zero attached hydrogens (tertiary/aromatic N) is 1. The maximum absolute atomic E-state index is 11.7. The minimum atomic E-state index is -0.565. The molecule has 0 radical (unpaired) electrons. The SMILES string of the molecule is COC(=O)N1CCC2(C[C@@H]1C[C@H](C)O)OCCO2. The van der Waals surface area contributed by atoms with Crippen LogP contribution in [0.3, 0.4) is 0 Å². The van der Waals surface area contributed by atoms with Gasteiger partial charge in [0.1, 0.15) is 0 Å². The quantitative estimate of drug-likeness (QED) is 0.792. The van der Waals surface area contributed by atoms with Crippen molar-refractivity contribution in [2.24, 2.45) is 0 Å². The molecule has 104 valence electrons. The van der Waals surface area contributed by atoms with Crippen LogP contribution in [0.15, 0.2) is 0 Å². The second kappa shape index (κ2) is 5.42. The molecular formula is C12H21NO5. The number of piperidine rings is 1. The van der Waals surface area contributed by atoms with Gasteiger partial charge < -0.3 is 24.2 Å². The first-order valence-corrected chi connectivity index (χ1v) is 6.37. The second-order valence-corrected chi connectivity index (χ2v) is 4.96. The average Bonchev–Trinajstić information content (AvgIpc) is 2.76. The summed E-state index contributed by atoms with van der Waals surface area (Å²) in [7, 11) is 1.37. The summed E-state index contributed by atoms with van der Waals surface area (Å²) in [5.74, 6) is -0.565. The molecule has 0 unspecified atom stereocenters. The van der Waals surface area contributed by atoms with Crippen molar-refractivity contribution in [1.29, 1.82) is 0 Å². The molecule has 1 amide bonds. The highest BCUT2D eigenvalue weighted by atomic mass is 16.7. The van der Waals surface area contributed by atoms with Gasteiger partial charge in [-0.15, -0.1) is 0 Å². The molecule has 2 heterocycles. The molecule has 2 atom stereocenters. The van der Waals surface area contributed by atoms with Crippen molar-refractivity contribution in [3.8, 4) is 0 Å². The van der Waals surface area contributed by atoms with Gasteiger partial charge in [0.25, 0.3) is 0 Å². The maximum Gasteiger partial charge on any atom is 0.409 e. The predicted molar refractivity (Wildman–Crippen MR) is 63.1 cm³/mol. The van der Waals surface area contributed by atoms with E-state index in [1.165, 1.54) is 7.11 Å². The number of amides is 1. The Labute approximate surface area is 107 Å². The Morgan fingerprint density at radius 2 is 2.22 bits per heavy atom. The topological polar surface area (TPSA) is 68.2 Å². The zero-order valence-corrected chi connectivity index (χ0v) is 10.9. The highest BCUT2D eigenvalue weighted by Crippen LogP contribution is 2.36. The molecule has 2 rings (SSSR count). The van der Waals surface area contributed by atoms with Gasteiger partial charge in [0.05, 0.1) is 26.4 Å². The van der Waals surface area contributed by atoms with Gasteiger partial charge in [-0.2, -0.15) is 0 Å². The number of aliphatic hydroxyl groups excluding tert-OH is 1. The Balaban J connectivity index is 2.07. The van der Waals surface area contributed by atoms with Crippen molar-refractivity contribution >= 4 is 6.09 Å². The van der Waals surface area contributed by atoms with E-state index >= 15 is 0 Å². The second-order valence-electron chi connectivity index (χ2n) is 4.96. The van der Waals surface area contributed by atoms with Gasteiger partial charge in [0, 0.05) is 25.4 Å². The van der Waals surface area contributed by atoms with E-state index in [-0.39, 0.29) is 12.1 Å². The molecule has 6 heteroatoms. The van der Waals surface area contributed by atoms with Crippen LogP contribution in [0.2, 0.25) is 0 Å². The lowest BCUT2D eigenvalue weighted by atomic mass is 9.92. The van der Waals surface area contributed by atoms with E-state index in [0.717, 1.165) is 0 Å². The van der Waals surface area contributed by atoms with Crippen LogP contribution in [0.4, 0.5) is 4.79 Å². The molecule has 6 nitrogen and oxygen atoms in total. The standard InChI is InChI=1S/C12H21NO5/c1-9(14)7-10-8-12(17-5-6-18-12)3-4-13(10)11(15)16-2/h9-10,14H,3-8H2,1-2H3/t9-,10-/m0/s1. The number of hydrogen-bond donors (Lipinski definition) is 1. The number of rotatable bonds is 2. The molecule has 0 aromatic heterocycles. The smallest absolute Gasteiger partial charge is 0.409 e. The van der Waals surface area contributed by atoms with Crippen LogP contribution in [0.5, 0.6) is 0 Å². The normalized spacial score (nSPS) is 28.4. The Kier molecular flexibility index (Phi) is 4.09. The van der Waals surface area contributed by atoms with Gasteiger partial charge in [0.15, 0.2) is 5.79 Å². The fourth-order valence-corrected chi connectivity index (χ4v) is 2.77. The van der Waals surface area contributed by atoms with Crippen molar-refractivity contribution < 1.29 is 24.1 Å². The number of likely N-dealkylation sites (tertiary alicyclic amines) is 1. The van der Waals surface area contributed by atoms with Gasteiger partial charge in [-0.25, -0.2) is 4.79 Å². The highest BCUT2D eigenvalue weighted by Gasteiger charge is 2.46. The third kappa shape index (κ3) is 2.76. The third-order valence-electron chi connectivity index (χ3n) is 3.56. The molecule has 2 aliphatic rings. The zero-order chi connectivity index (χ0) is 13.2. The molecular weight excluding hydrogens is 238 g/mol. The molecule has 2 aliphatic heterocycles. The Hall–Kier alpha value is -0.850. The summed E-state index contributed by atoms with van der Waals surface area (Å²) < 4.78 is 16.1. The lowest BCUT2D eigenvalue weighted by molar-refractivity contribution is -0.194. The number of methoxy groups -OCH3 is 1. The van der Waals surface area contributed by atoms with Gasteiger partial charge in [-0.05, 0) is 13.3 Å². The van der Waals surface area contributed by atoms with Crippen molar-refractivity contribution in [2.75, 3.05) is 26.9 Å². The zero-order valence-electron chi connectivity index (χ0n) is 10.9. The van der Waals surface area contributed by atoms with Gasteiger partial charge in [0.2, 0.25) is 0 Å². The molecule has 1 spiro atoms. The van der Waals surface area contributed by atoms with Crippen LogP contribution in [-0.4, -0.2) is 60.9 Å². The van der Waals surface area contributed by atoms with Crippen LogP contribution >= 0.6 is 0 Å². The third-order valence-corrected chi connectivity index (χ3v) is 3.56. The molecule has 2 fully saturated rings. The van der Waals surface area contributed by atoms with E-state index in [9.17, 15) is 9.90 Å². The first kappa shape index (κ1) is 13.6. The monoisotopic (exact) mass is 259 g/mol. The fourth-order valence-electron chi connectivity index (χ4n) is 2.77. The van der Waals surface area contributed by atoms with Gasteiger partial charge in [-0.3, -0.25) is 0 Å². The largest absolute Gasteiger partial charge is 0.453 e. The van der Waals surface area contributed by atoms with E-state index in [4.69, 9.17) is 14.2 Å². The van der Waals surface area contributed by atoms with E-state index in [1.807, 2.05) is 0 Å². The Bertz CT molecular complexity index is 301. The van der Waals surface area contributed by atoms with Crippen LogP contribution in [0.25, 0.3) is 0 Å². The number of aliphatic hydroxyl groups is 1. The van der Waals surface area contributed by atoms with Gasteiger partial charge >= 0.3 is 6.09 Å². The molecule has 0 saturated carbocycles. The summed E-state index contributed by atoms with van der Waals surface area (Å²) in [5, 5.41) is 9.55. The molecule has 18 heavy (non-hydrogen) atoms. The summed E-state index contributed by atoms with van der Waals surface area (Å²) >= 11 is 0. The van der Waals surface area contributed by atoms with Crippen LogP contribution in [0.1, 0.15) is 26.2 Å². The van der Waals surface area contributed by atoms with E-state index < -0.39 is 11.9 Å². The van der Waals surface area contributed by atoms with E-state index in [0.29, 0.717) is 39.0 Å². The number of carbonyl (C=O) groups excluding carboxylic acids is 1. The van der Waals surface area contributed by atoms with Crippen LogP contribution < -0.4 is 0 Å². The maximum atomic E-state index is 11.7. The van der Waals surface area contributed by atoms with Gasteiger partial charge in [-0.1, -0.05) is 0 Å². The van der Waals surface area contributed by atoms with Crippen molar-refractivity contribution in [1.82, 2.24) is 4.90 Å². The van der Waals surface area contributed by atoms with E-state index in [2.05, 4.69) is 0 Å². The molecule has 1 N–H and O–H groups in total. The summed E-state index contributed by atoms with van der Waals surface area (Å²) in [6.45, 7) is 3.44. The van der Waals surface area contributed by atoms with Crippen LogP contribution in [-0.2, 0) is 14.2 Å². The Morgan fingerprint density at radius 3 is 2.78 bits per heavy atom. The predicted octanol–water partition coefficient (Wildman–Crippen LogP) is 0.731. The summed E-state index contributed by atoms with van der Waals surface area (Å²) in [6.07, 6.45) is 0.918. The minimum Gasteiger partial charge on any atom is -0.453 e. The summed E-state index contributed by atoms with van der Waals surface area (Å²) in [4.78, 5) is 13.4. The summed E-state index contributed by atoms with van der Waals surface area (Å²) in [6, 6.07) is -0.107. The van der Waals surface area contributed by atoms with Crippen molar-refractivity contribution in [3.63, 3.8) is 0 Å². The first-order valence-electron chi connectivity index (χ1n) is 6.37. The molecule has 2 saturated heterocycles. The minimum absolute atomic E-state index is 0.107. The molecule has 0 aromatic rings. The number of ether oxygens (including phenoxy) is 3. The summed E-state index contributed by atoms with van der Waals surface area (Å²) in [5.41, 5.74) is 0. The molecule has 0 aliphatic carbocycles. The number of hydrogen-bond acceptors (Lipinski definition) is 5. The van der Waals surface area contributed by atoms with E-state index in [1.54, 1.807) is 11.8 Å². The Morgan fingerprint density at radius 1 is 1.56 bits per heavy atom. The lowest BCUT2D eigenvalue weighted by Gasteiger charge is -2.43. The lowest BCUT2D eigenvalue weighted by Crippen LogP contribution is -2.53. The van der Waals surface area contributed by atoms with Crippen molar-refractivity contribution in [2.45, 2.75) is 44.1 Å².